The molecule has 1 heterocycles. The highest BCUT2D eigenvalue weighted by Gasteiger charge is 2.07. The summed E-state index contributed by atoms with van der Waals surface area (Å²) in [5.41, 5.74) is 3.26. The van der Waals surface area contributed by atoms with Crippen LogP contribution < -0.4 is 9.54 Å². The number of methoxy groups -OCH3 is 1. The average Bonchev–Trinajstić information content (AvgIpc) is 2.99. The van der Waals surface area contributed by atoms with Gasteiger partial charge in [-0.2, -0.15) is 0 Å². The molecule has 0 radical (unpaired) electrons. The lowest BCUT2D eigenvalue weighted by Crippen LogP contribution is -2.14. The molecule has 0 fully saturated rings. The predicted molar refractivity (Wildman–Crippen MR) is 91.6 cm³/mol. The molecular formula is C18H18N2OS. The van der Waals surface area contributed by atoms with E-state index in [0.29, 0.717) is 0 Å². The van der Waals surface area contributed by atoms with Crippen molar-refractivity contribution in [3.63, 3.8) is 0 Å². The van der Waals surface area contributed by atoms with Gasteiger partial charge in [-0.3, -0.25) is 0 Å². The van der Waals surface area contributed by atoms with Crippen molar-refractivity contribution in [2.75, 3.05) is 7.11 Å². The lowest BCUT2D eigenvalue weighted by molar-refractivity contribution is 0.416. The standard InChI is InChI=1S/C18H18N2OS/c1-3-20-16(14-9-5-4-6-10-14)13-22-18(20)19-15-11-7-8-12-17(15)21-2/h4-13H,3H2,1-2H3. The number of hydrogen-bond acceptors (Lipinski definition) is 3. The number of hydrogen-bond donors (Lipinski definition) is 0. The molecule has 3 aromatic rings. The molecule has 0 saturated heterocycles. The lowest BCUT2D eigenvalue weighted by atomic mass is 10.2. The van der Waals surface area contributed by atoms with E-state index in [1.807, 2.05) is 30.3 Å². The van der Waals surface area contributed by atoms with Gasteiger partial charge in [0.15, 0.2) is 4.80 Å². The molecule has 0 saturated carbocycles. The van der Waals surface area contributed by atoms with E-state index < -0.39 is 0 Å². The Morgan fingerprint density at radius 3 is 2.50 bits per heavy atom. The number of nitrogens with zero attached hydrogens (tertiary/aromatic N) is 2. The summed E-state index contributed by atoms with van der Waals surface area (Å²) in [6.45, 7) is 3.02. The molecule has 0 N–H and O–H groups in total. The summed E-state index contributed by atoms with van der Waals surface area (Å²) < 4.78 is 7.61. The molecule has 0 amide bonds. The SMILES string of the molecule is CCn1c(-c2ccccc2)csc1=Nc1ccccc1OC. The van der Waals surface area contributed by atoms with Crippen molar-refractivity contribution in [2.45, 2.75) is 13.5 Å². The highest BCUT2D eigenvalue weighted by atomic mass is 32.1. The number of para-hydroxylation sites is 2. The van der Waals surface area contributed by atoms with Crippen LogP contribution in [0.4, 0.5) is 5.69 Å². The van der Waals surface area contributed by atoms with Crippen molar-refractivity contribution in [1.82, 2.24) is 4.57 Å². The van der Waals surface area contributed by atoms with Gasteiger partial charge in [0, 0.05) is 11.9 Å². The molecule has 3 nitrogen and oxygen atoms in total. The number of benzene rings is 2. The third-order valence-corrected chi connectivity index (χ3v) is 4.35. The van der Waals surface area contributed by atoms with Gasteiger partial charge in [0.1, 0.15) is 11.4 Å². The highest BCUT2D eigenvalue weighted by molar-refractivity contribution is 7.07. The van der Waals surface area contributed by atoms with E-state index in [9.17, 15) is 0 Å². The van der Waals surface area contributed by atoms with Gasteiger partial charge in [-0.05, 0) is 24.6 Å². The van der Waals surface area contributed by atoms with Gasteiger partial charge in [0.05, 0.1) is 12.8 Å². The molecule has 22 heavy (non-hydrogen) atoms. The summed E-state index contributed by atoms with van der Waals surface area (Å²) in [4.78, 5) is 5.76. The van der Waals surface area contributed by atoms with Crippen LogP contribution >= 0.6 is 11.3 Å². The van der Waals surface area contributed by atoms with Crippen LogP contribution in [0.15, 0.2) is 65.0 Å². The van der Waals surface area contributed by atoms with Gasteiger partial charge in [-0.25, -0.2) is 4.99 Å². The first-order valence-corrected chi connectivity index (χ1v) is 8.13. The van der Waals surface area contributed by atoms with Gasteiger partial charge in [-0.1, -0.05) is 42.5 Å². The minimum Gasteiger partial charge on any atom is -0.494 e. The molecule has 1 aromatic heterocycles. The summed E-state index contributed by atoms with van der Waals surface area (Å²) >= 11 is 1.65. The molecule has 0 aliphatic carbocycles. The van der Waals surface area contributed by atoms with Crippen molar-refractivity contribution >= 4 is 17.0 Å². The lowest BCUT2D eigenvalue weighted by Gasteiger charge is -2.06. The molecule has 0 aliphatic rings. The van der Waals surface area contributed by atoms with Crippen molar-refractivity contribution in [3.05, 3.63) is 64.8 Å². The average molecular weight is 310 g/mol. The number of ether oxygens (including phenoxy) is 1. The zero-order chi connectivity index (χ0) is 15.4. The topological polar surface area (TPSA) is 26.5 Å². The van der Waals surface area contributed by atoms with Crippen molar-refractivity contribution < 1.29 is 4.74 Å². The van der Waals surface area contributed by atoms with Crippen LogP contribution in [0.3, 0.4) is 0 Å². The van der Waals surface area contributed by atoms with Crippen LogP contribution in [0.2, 0.25) is 0 Å². The zero-order valence-electron chi connectivity index (χ0n) is 12.7. The Labute approximate surface area is 134 Å². The quantitative estimate of drug-likeness (QED) is 0.698. The molecular weight excluding hydrogens is 292 g/mol. The fourth-order valence-corrected chi connectivity index (χ4v) is 3.38. The molecule has 0 atom stereocenters. The Bertz CT molecular complexity index is 818. The maximum absolute atomic E-state index is 5.38. The van der Waals surface area contributed by atoms with E-state index >= 15 is 0 Å². The molecule has 112 valence electrons. The Kier molecular flexibility index (Phi) is 4.39. The minimum atomic E-state index is 0.791. The number of thiazole rings is 1. The predicted octanol–water partition coefficient (Wildman–Crippen LogP) is 4.48. The molecule has 4 heteroatoms. The summed E-state index contributed by atoms with van der Waals surface area (Å²) in [5.74, 6) is 0.791. The summed E-state index contributed by atoms with van der Waals surface area (Å²) in [7, 11) is 1.67. The monoisotopic (exact) mass is 310 g/mol. The van der Waals surface area contributed by atoms with Crippen molar-refractivity contribution in [3.8, 4) is 17.0 Å². The van der Waals surface area contributed by atoms with Crippen LogP contribution in [0, 0.1) is 0 Å². The van der Waals surface area contributed by atoms with E-state index in [2.05, 4.69) is 41.1 Å². The van der Waals surface area contributed by atoms with E-state index in [1.54, 1.807) is 18.4 Å². The summed E-state index contributed by atoms with van der Waals surface area (Å²) in [6.07, 6.45) is 0. The van der Waals surface area contributed by atoms with Crippen molar-refractivity contribution in [2.24, 2.45) is 4.99 Å². The first kappa shape index (κ1) is 14.6. The first-order valence-electron chi connectivity index (χ1n) is 7.25. The second-order valence-electron chi connectivity index (χ2n) is 4.80. The fourth-order valence-electron chi connectivity index (χ4n) is 2.39. The van der Waals surface area contributed by atoms with Crippen LogP contribution in [0.25, 0.3) is 11.3 Å². The third-order valence-electron chi connectivity index (χ3n) is 3.48. The van der Waals surface area contributed by atoms with Gasteiger partial charge in [0.2, 0.25) is 0 Å². The van der Waals surface area contributed by atoms with Crippen LogP contribution in [-0.2, 0) is 6.54 Å². The normalized spacial score (nSPS) is 11.6. The fraction of sp³-hybridized carbons (Fsp3) is 0.167. The molecule has 0 bridgehead atoms. The maximum atomic E-state index is 5.38. The third kappa shape index (κ3) is 2.83. The van der Waals surface area contributed by atoms with E-state index in [-0.39, 0.29) is 0 Å². The molecule has 3 rings (SSSR count). The Hall–Kier alpha value is -2.33. The van der Waals surface area contributed by atoms with Gasteiger partial charge in [0.25, 0.3) is 0 Å². The zero-order valence-corrected chi connectivity index (χ0v) is 13.5. The largest absolute Gasteiger partial charge is 0.494 e. The van der Waals surface area contributed by atoms with Crippen LogP contribution in [0.5, 0.6) is 5.75 Å². The minimum absolute atomic E-state index is 0.791. The Morgan fingerprint density at radius 2 is 1.77 bits per heavy atom. The van der Waals surface area contributed by atoms with Crippen LogP contribution in [0.1, 0.15) is 6.92 Å². The molecule has 0 spiro atoms. The van der Waals surface area contributed by atoms with Gasteiger partial charge in [-0.15, -0.1) is 11.3 Å². The van der Waals surface area contributed by atoms with Gasteiger partial charge < -0.3 is 9.30 Å². The van der Waals surface area contributed by atoms with Gasteiger partial charge >= 0.3 is 0 Å². The molecule has 0 unspecified atom stereocenters. The summed E-state index contributed by atoms with van der Waals surface area (Å²) in [6, 6.07) is 18.2. The van der Waals surface area contributed by atoms with E-state index in [1.165, 1.54) is 11.3 Å². The Morgan fingerprint density at radius 1 is 1.05 bits per heavy atom. The smallest absolute Gasteiger partial charge is 0.190 e. The van der Waals surface area contributed by atoms with E-state index in [0.717, 1.165) is 22.8 Å². The maximum Gasteiger partial charge on any atom is 0.190 e. The van der Waals surface area contributed by atoms with Crippen LogP contribution in [-0.4, -0.2) is 11.7 Å². The first-order chi connectivity index (χ1) is 10.8. The molecule has 2 aromatic carbocycles. The number of aromatic nitrogens is 1. The number of rotatable bonds is 4. The summed E-state index contributed by atoms with van der Waals surface area (Å²) in [5, 5.41) is 2.16. The Balaban J connectivity index is 2.13. The van der Waals surface area contributed by atoms with E-state index in [4.69, 9.17) is 9.73 Å². The highest BCUT2D eigenvalue weighted by Crippen LogP contribution is 2.26. The van der Waals surface area contributed by atoms with Crippen molar-refractivity contribution in [1.29, 1.82) is 0 Å². The second-order valence-corrected chi connectivity index (χ2v) is 5.63. The second kappa shape index (κ2) is 6.62. The molecule has 0 aliphatic heterocycles.